The molecule has 73 heavy (non-hydrogen) atoms. The van der Waals surface area contributed by atoms with E-state index in [1.807, 2.05) is 32.9 Å². The number of hydrogen-bond donors (Lipinski definition) is 2. The number of esters is 3. The fourth-order valence-corrected chi connectivity index (χ4v) is 17.4. The molecule has 6 aliphatic carbocycles. The first-order valence-electron chi connectivity index (χ1n) is 26.0. The van der Waals surface area contributed by atoms with Gasteiger partial charge < -0.3 is 52.8 Å². The first kappa shape index (κ1) is 45.9. The number of alkyl halides is 3. The number of aliphatic hydroxyl groups is 2. The smallest absolute Gasteiger partial charge is 0.416 e. The van der Waals surface area contributed by atoms with Crippen LogP contribution in [0.25, 0.3) is 5.76 Å². The molecular formula is C56H57F3O14. The van der Waals surface area contributed by atoms with Crippen LogP contribution in [0.15, 0.2) is 76.6 Å². The molecule has 2 aromatic rings. The molecular weight excluding hydrogens is 954 g/mol. The second-order valence-electron chi connectivity index (χ2n) is 24.5. The van der Waals surface area contributed by atoms with Gasteiger partial charge in [0.15, 0.2) is 22.7 Å². The molecule has 8 heterocycles. The Bertz CT molecular complexity index is 3020. The lowest BCUT2D eigenvalue weighted by Crippen LogP contribution is -2.69. The Hall–Kier alpha value is -4.46. The average molecular weight is 1010 g/mol. The maximum Gasteiger partial charge on any atom is 0.416 e. The summed E-state index contributed by atoms with van der Waals surface area (Å²) >= 11 is 0. The first-order chi connectivity index (χ1) is 34.5. The number of rotatable bonds is 5. The number of halogens is 3. The van der Waals surface area contributed by atoms with Gasteiger partial charge in [0.1, 0.15) is 65.6 Å². The molecule has 16 rings (SSSR count). The van der Waals surface area contributed by atoms with E-state index in [1.54, 1.807) is 12.1 Å². The van der Waals surface area contributed by atoms with Crippen LogP contribution >= 0.6 is 0 Å². The van der Waals surface area contributed by atoms with Crippen molar-refractivity contribution in [2.45, 2.75) is 176 Å². The molecule has 0 bridgehead atoms. The summed E-state index contributed by atoms with van der Waals surface area (Å²) in [6.45, 7) is 15.0. The standard InChI is InChI=1S/C36H33F3O8.C20H24O6/c1-16(2)33-27(46-33)28-35(47-28)32(4)14-13-21-24(22(32)15-23-34(35,45-23)31(33)42)26(44-30(21)41)25(18-7-5-17(3)6-8-18)43-29(40)19-9-11-20(12-10-19)36(37,38)39;1-8(2)18-13(25-18)14-20(26-14)17(3)5-4-9-10(7-23-15(9)21)11(17)6-12-19(20,24-12)16(18)22/h5-12,16,22-23,27-28,31,42H,13-15H2,1-4H3;8,11-14,16,22H,4-7H2,1-3H3/b26-25+;/t22-,23-,27-,28-,31+,32-,33-,34+,35+;11-,12-,13-,14-,16+,17-,18-,19+,20+/m00/s1. The van der Waals surface area contributed by atoms with Crippen LogP contribution in [-0.4, -0.2) is 117 Å². The topological polar surface area (TPSA) is 195 Å². The normalized spacial score (nSPS) is 49.2. The number of cyclic esters (lactones) is 2. The van der Waals surface area contributed by atoms with E-state index >= 15 is 0 Å². The lowest BCUT2D eigenvalue weighted by atomic mass is 9.46. The minimum Gasteiger partial charge on any atom is -0.458 e. The van der Waals surface area contributed by atoms with E-state index in [0.717, 1.165) is 60.2 Å². The number of carbonyl (C=O) groups is 3. The Morgan fingerprint density at radius 1 is 0.685 bits per heavy atom. The quantitative estimate of drug-likeness (QED) is 0.138. The molecule has 0 amide bonds. The summed E-state index contributed by atoms with van der Waals surface area (Å²) in [5.74, 6) is -1.25. The molecule has 17 heteroatoms. The first-order valence-corrected chi connectivity index (χ1v) is 26.0. The summed E-state index contributed by atoms with van der Waals surface area (Å²) in [4.78, 5) is 39.0. The SMILES string of the molecule is CC(C)[C@]12O[C@H]1[C@@H]1O[C@]13[C@]1(O[C@H]1C[C@H]1C4=C(CC[C@@]13C)C(=O)OC4)[C@@H]2O.Cc1ccc(/C(OC(=O)c2ccc(C(F)(F)F)cc2)=C2\OC(=O)C3=C2[C@@H]2C[C@@H]4O[C@@]45[C@H](O)[C@@]4(C(C)C)O[C@H]4[C@@H]4O[C@@]45[C@@]2(C)CC3)cc1. The van der Waals surface area contributed by atoms with Crippen LogP contribution in [0.1, 0.15) is 107 Å². The molecule has 8 aliphatic heterocycles. The van der Waals surface area contributed by atoms with E-state index in [-0.39, 0.29) is 88.8 Å². The van der Waals surface area contributed by atoms with Gasteiger partial charge in [-0.1, -0.05) is 71.4 Å². The lowest BCUT2D eigenvalue weighted by molar-refractivity contribution is -0.138. The molecule has 14 nitrogen and oxygen atoms in total. The van der Waals surface area contributed by atoms with Crippen molar-refractivity contribution in [1.29, 1.82) is 0 Å². The predicted molar refractivity (Wildman–Crippen MR) is 244 cm³/mol. The Balaban J connectivity index is 0.000000152. The van der Waals surface area contributed by atoms with Crippen molar-refractivity contribution in [3.63, 3.8) is 0 Å². The highest BCUT2D eigenvalue weighted by Crippen LogP contribution is 2.85. The third-order valence-electron chi connectivity index (χ3n) is 21.3. The summed E-state index contributed by atoms with van der Waals surface area (Å²) in [5.41, 5.74) is -1.27. The highest BCUT2D eigenvalue weighted by molar-refractivity contribution is 5.99. The zero-order valence-corrected chi connectivity index (χ0v) is 41.4. The minimum absolute atomic E-state index is 0.00449. The monoisotopic (exact) mass is 1010 g/mol. The number of allylic oxidation sites excluding steroid dienone is 1. The molecule has 0 aromatic heterocycles. The van der Waals surface area contributed by atoms with Gasteiger partial charge in [-0.25, -0.2) is 14.4 Å². The van der Waals surface area contributed by atoms with E-state index in [1.165, 1.54) is 0 Å². The summed E-state index contributed by atoms with van der Waals surface area (Å²) in [6, 6.07) is 10.9. The van der Waals surface area contributed by atoms with Gasteiger partial charge >= 0.3 is 24.1 Å². The van der Waals surface area contributed by atoms with Gasteiger partial charge in [-0.15, -0.1) is 0 Å². The predicted octanol–water partition coefficient (Wildman–Crippen LogP) is 6.76. The van der Waals surface area contributed by atoms with Crippen molar-refractivity contribution in [2.75, 3.05) is 6.61 Å². The number of hydrogen-bond acceptors (Lipinski definition) is 14. The van der Waals surface area contributed by atoms with Crippen LogP contribution in [-0.2, 0) is 58.4 Å². The summed E-state index contributed by atoms with van der Waals surface area (Å²) in [7, 11) is 0. The van der Waals surface area contributed by atoms with Crippen LogP contribution in [0.4, 0.5) is 13.2 Å². The third-order valence-corrected chi connectivity index (χ3v) is 21.3. The fraction of sp³-hybridized carbons (Fsp3) is 0.625. The second-order valence-corrected chi connectivity index (χ2v) is 24.5. The molecule has 0 unspecified atom stereocenters. The number of epoxide rings is 6. The fourth-order valence-electron chi connectivity index (χ4n) is 17.4. The maximum absolute atomic E-state index is 13.5. The number of fused-ring (bicyclic) bond motifs is 8. The summed E-state index contributed by atoms with van der Waals surface area (Å²) < 4.78 is 95.3. The van der Waals surface area contributed by atoms with E-state index in [0.29, 0.717) is 42.6 Å². The number of ether oxygens (including phenoxy) is 9. The summed E-state index contributed by atoms with van der Waals surface area (Å²) in [5, 5.41) is 23.3. The van der Waals surface area contributed by atoms with E-state index in [9.17, 15) is 37.8 Å². The van der Waals surface area contributed by atoms with Crippen molar-refractivity contribution in [2.24, 2.45) is 34.5 Å². The molecule has 2 aromatic carbocycles. The van der Waals surface area contributed by atoms with Crippen molar-refractivity contribution in [3.05, 3.63) is 98.8 Å². The maximum atomic E-state index is 13.5. The zero-order chi connectivity index (χ0) is 50.9. The lowest BCUT2D eigenvalue weighted by Gasteiger charge is -2.53. The number of aliphatic hydroxyl groups excluding tert-OH is 2. The molecule has 18 atom stereocenters. The molecule has 14 aliphatic rings. The number of benzene rings is 2. The van der Waals surface area contributed by atoms with E-state index in [2.05, 4.69) is 27.7 Å². The van der Waals surface area contributed by atoms with Crippen LogP contribution in [0.5, 0.6) is 0 Å². The van der Waals surface area contributed by atoms with Gasteiger partial charge in [-0.05, 0) is 99.0 Å². The molecule has 4 spiro atoms. The second kappa shape index (κ2) is 13.6. The Morgan fingerprint density at radius 3 is 1.75 bits per heavy atom. The largest absolute Gasteiger partial charge is 0.458 e. The zero-order valence-electron chi connectivity index (χ0n) is 41.4. The van der Waals surface area contributed by atoms with Gasteiger partial charge in [-0.2, -0.15) is 13.2 Å². The molecule has 0 radical (unpaired) electrons. The van der Waals surface area contributed by atoms with Crippen LogP contribution in [0.3, 0.4) is 0 Å². The van der Waals surface area contributed by atoms with Gasteiger partial charge in [0.2, 0.25) is 0 Å². The highest BCUT2D eigenvalue weighted by atomic mass is 19.4. The highest BCUT2D eigenvalue weighted by Gasteiger charge is 3.02. The van der Waals surface area contributed by atoms with Crippen LogP contribution in [0.2, 0.25) is 0 Å². The van der Waals surface area contributed by atoms with Crippen LogP contribution < -0.4 is 0 Å². The number of carbonyl (C=O) groups excluding carboxylic acids is 3. The van der Waals surface area contributed by atoms with Crippen molar-refractivity contribution < 1.29 is 80.4 Å². The third kappa shape index (κ3) is 5.01. The Kier molecular flexibility index (Phi) is 8.52. The van der Waals surface area contributed by atoms with E-state index < -0.39 is 74.9 Å². The molecule has 4 saturated carbocycles. The van der Waals surface area contributed by atoms with Crippen molar-refractivity contribution in [3.8, 4) is 0 Å². The summed E-state index contributed by atoms with van der Waals surface area (Å²) in [6.07, 6.45) is -3.15. The number of aryl methyl sites for hydroxylation is 1. The van der Waals surface area contributed by atoms with Gasteiger partial charge in [-0.3, -0.25) is 0 Å². The van der Waals surface area contributed by atoms with Crippen molar-refractivity contribution >= 4 is 23.7 Å². The molecule has 6 saturated heterocycles. The van der Waals surface area contributed by atoms with Gasteiger partial charge in [0.25, 0.3) is 0 Å². The molecule has 2 N–H and O–H groups in total. The van der Waals surface area contributed by atoms with Gasteiger partial charge in [0.05, 0.1) is 23.3 Å². The Morgan fingerprint density at radius 2 is 1.21 bits per heavy atom. The van der Waals surface area contributed by atoms with E-state index in [4.69, 9.17) is 42.6 Å². The van der Waals surface area contributed by atoms with Crippen LogP contribution in [0, 0.1) is 41.4 Å². The van der Waals surface area contributed by atoms with Gasteiger partial charge in [0, 0.05) is 33.1 Å². The minimum atomic E-state index is -4.56. The Labute approximate surface area is 418 Å². The molecule has 10 fully saturated rings. The average Bonchev–Trinajstić information content (AvgIpc) is 4.09. The molecule has 386 valence electrons. The van der Waals surface area contributed by atoms with Crippen molar-refractivity contribution in [1.82, 2.24) is 0 Å².